The van der Waals surface area contributed by atoms with Crippen molar-refractivity contribution in [1.82, 2.24) is 9.78 Å². The van der Waals surface area contributed by atoms with Crippen LogP contribution < -0.4 is 25.6 Å². The maximum absolute atomic E-state index is 13.4. The first kappa shape index (κ1) is 14.3. The molecule has 6 heteroatoms. The van der Waals surface area contributed by atoms with Gasteiger partial charge in [0.05, 0.1) is 16.3 Å². The van der Waals surface area contributed by atoms with Gasteiger partial charge in [0, 0.05) is 0 Å². The lowest BCUT2D eigenvalue weighted by molar-refractivity contribution is 0.174. The van der Waals surface area contributed by atoms with Crippen molar-refractivity contribution >= 4 is 12.7 Å². The number of nitrogens with zero attached hydrogens (tertiary/aromatic N) is 1. The van der Waals surface area contributed by atoms with Crippen molar-refractivity contribution in [3.63, 3.8) is 0 Å². The Bertz CT molecular complexity index is 1100. The third-order valence-electron chi connectivity index (χ3n) is 3.78. The van der Waals surface area contributed by atoms with E-state index in [9.17, 15) is 9.18 Å². The second-order valence-electron chi connectivity index (χ2n) is 5.38. The number of aromatic nitrogens is 2. The second kappa shape index (κ2) is 5.42. The van der Waals surface area contributed by atoms with Crippen molar-refractivity contribution in [2.75, 3.05) is 6.79 Å². The summed E-state index contributed by atoms with van der Waals surface area (Å²) in [6, 6.07) is 11.2. The second-order valence-corrected chi connectivity index (χ2v) is 5.38. The van der Waals surface area contributed by atoms with Crippen LogP contribution in [0, 0.1) is 5.82 Å². The summed E-state index contributed by atoms with van der Waals surface area (Å²) in [4.78, 5) is 12.6. The van der Waals surface area contributed by atoms with E-state index < -0.39 is 5.82 Å². The zero-order valence-electron chi connectivity index (χ0n) is 12.6. The summed E-state index contributed by atoms with van der Waals surface area (Å²) in [6.45, 7) is 4.05. The quantitative estimate of drug-likeness (QED) is 0.772. The van der Waals surface area contributed by atoms with E-state index in [1.807, 2.05) is 6.07 Å². The molecule has 120 valence electrons. The lowest BCUT2D eigenvalue weighted by atomic mass is 10.1. The van der Waals surface area contributed by atoms with E-state index in [0.717, 1.165) is 5.56 Å². The predicted octanol–water partition coefficient (Wildman–Crippen LogP) is 1.27. The summed E-state index contributed by atoms with van der Waals surface area (Å²) in [7, 11) is 0. The molecule has 0 aliphatic carbocycles. The molecule has 0 saturated carbocycles. The van der Waals surface area contributed by atoms with Crippen LogP contribution in [0.25, 0.3) is 18.3 Å². The van der Waals surface area contributed by atoms with Crippen molar-refractivity contribution in [3.05, 3.63) is 74.8 Å². The molecule has 0 spiro atoms. The Kier molecular flexibility index (Phi) is 3.23. The Morgan fingerprint density at radius 3 is 2.83 bits per heavy atom. The lowest BCUT2D eigenvalue weighted by Gasteiger charge is -2.00. The molecule has 1 N–H and O–H groups in total. The SMILES string of the molecule is C=c1[nH]n(-c2cccc(F)c2)c(=O)/c1=C\c1ccc2c(c1)OCO2. The van der Waals surface area contributed by atoms with Gasteiger partial charge < -0.3 is 9.47 Å². The Morgan fingerprint density at radius 1 is 1.17 bits per heavy atom. The molecule has 2 aromatic carbocycles. The van der Waals surface area contributed by atoms with Crippen LogP contribution in [0.2, 0.25) is 0 Å². The molecule has 1 aromatic heterocycles. The van der Waals surface area contributed by atoms with Gasteiger partial charge in [0.1, 0.15) is 5.82 Å². The van der Waals surface area contributed by atoms with E-state index in [4.69, 9.17) is 9.47 Å². The summed E-state index contributed by atoms with van der Waals surface area (Å²) >= 11 is 0. The van der Waals surface area contributed by atoms with Crippen LogP contribution in [0.3, 0.4) is 0 Å². The maximum atomic E-state index is 13.4. The van der Waals surface area contributed by atoms with Crippen LogP contribution in [0.5, 0.6) is 11.5 Å². The highest BCUT2D eigenvalue weighted by atomic mass is 19.1. The summed E-state index contributed by atoms with van der Waals surface area (Å²) in [6.07, 6.45) is 1.71. The molecule has 24 heavy (non-hydrogen) atoms. The van der Waals surface area contributed by atoms with Gasteiger partial charge in [-0.3, -0.25) is 9.89 Å². The Labute approximate surface area is 135 Å². The Hall–Kier alpha value is -3.28. The van der Waals surface area contributed by atoms with Gasteiger partial charge in [-0.2, -0.15) is 0 Å². The average Bonchev–Trinajstić information content (AvgIpc) is 3.14. The predicted molar refractivity (Wildman–Crippen MR) is 87.3 cm³/mol. The molecule has 4 rings (SSSR count). The first-order valence-electron chi connectivity index (χ1n) is 7.29. The van der Waals surface area contributed by atoms with Crippen molar-refractivity contribution < 1.29 is 13.9 Å². The van der Waals surface area contributed by atoms with E-state index in [2.05, 4.69) is 11.7 Å². The van der Waals surface area contributed by atoms with Crippen molar-refractivity contribution in [1.29, 1.82) is 0 Å². The van der Waals surface area contributed by atoms with Gasteiger partial charge in [0.2, 0.25) is 6.79 Å². The molecule has 3 aromatic rings. The van der Waals surface area contributed by atoms with E-state index in [0.29, 0.717) is 27.8 Å². The minimum absolute atomic E-state index is 0.190. The van der Waals surface area contributed by atoms with E-state index >= 15 is 0 Å². The van der Waals surface area contributed by atoms with Crippen molar-refractivity contribution in [2.45, 2.75) is 0 Å². The molecule has 2 heterocycles. The summed E-state index contributed by atoms with van der Waals surface area (Å²) in [5, 5.41) is 3.72. The molecule has 0 saturated heterocycles. The zero-order valence-corrected chi connectivity index (χ0v) is 12.6. The van der Waals surface area contributed by atoms with Crippen LogP contribution >= 0.6 is 0 Å². The molecule has 0 unspecified atom stereocenters. The Balaban J connectivity index is 1.85. The molecule has 0 fully saturated rings. The highest BCUT2D eigenvalue weighted by molar-refractivity contribution is 5.56. The number of benzene rings is 2. The third kappa shape index (κ3) is 2.38. The largest absolute Gasteiger partial charge is 0.454 e. The molecular formula is C18H13FN2O3. The van der Waals surface area contributed by atoms with Gasteiger partial charge in [-0.05, 0) is 42.0 Å². The van der Waals surface area contributed by atoms with Crippen molar-refractivity contribution in [2.24, 2.45) is 0 Å². The van der Waals surface area contributed by atoms with Crippen LogP contribution in [0.4, 0.5) is 4.39 Å². The third-order valence-corrected chi connectivity index (χ3v) is 3.78. The van der Waals surface area contributed by atoms with Crippen LogP contribution in [0.1, 0.15) is 5.56 Å². The smallest absolute Gasteiger partial charge is 0.279 e. The summed E-state index contributed by atoms with van der Waals surface area (Å²) in [5.74, 6) is 0.893. The average molecular weight is 324 g/mol. The van der Waals surface area contributed by atoms with Gasteiger partial charge in [-0.15, -0.1) is 0 Å². The normalized spacial score (nSPS) is 13.5. The fraction of sp³-hybridized carbons (Fsp3) is 0.0556. The summed E-state index contributed by atoms with van der Waals surface area (Å²) in [5.41, 5.74) is 0.894. The van der Waals surface area contributed by atoms with E-state index in [1.54, 1.807) is 30.3 Å². The minimum atomic E-state index is -0.416. The topological polar surface area (TPSA) is 56.2 Å². The highest BCUT2D eigenvalue weighted by Crippen LogP contribution is 2.32. The molecule has 0 bridgehead atoms. The highest BCUT2D eigenvalue weighted by Gasteiger charge is 2.13. The molecule has 5 nitrogen and oxygen atoms in total. The number of aromatic amines is 1. The number of hydrogen-bond donors (Lipinski definition) is 1. The van der Waals surface area contributed by atoms with E-state index in [1.165, 1.54) is 16.8 Å². The summed E-state index contributed by atoms with van der Waals surface area (Å²) < 4.78 is 25.3. The van der Waals surface area contributed by atoms with Gasteiger partial charge in [-0.1, -0.05) is 18.7 Å². The fourth-order valence-corrected chi connectivity index (χ4v) is 2.61. The van der Waals surface area contributed by atoms with E-state index in [-0.39, 0.29) is 12.4 Å². The molecular weight excluding hydrogens is 311 g/mol. The number of halogens is 1. The molecule has 0 amide bonds. The lowest BCUT2D eigenvalue weighted by Crippen LogP contribution is -2.33. The fourth-order valence-electron chi connectivity index (χ4n) is 2.61. The number of nitrogens with one attached hydrogen (secondary N) is 1. The van der Waals surface area contributed by atoms with Gasteiger partial charge in [0.15, 0.2) is 11.5 Å². The Morgan fingerprint density at radius 2 is 2.00 bits per heavy atom. The van der Waals surface area contributed by atoms with Crippen LogP contribution in [-0.2, 0) is 0 Å². The van der Waals surface area contributed by atoms with Gasteiger partial charge >= 0.3 is 0 Å². The number of ether oxygens (including phenoxy) is 2. The molecule has 0 atom stereocenters. The van der Waals surface area contributed by atoms with Gasteiger partial charge in [-0.25, -0.2) is 9.07 Å². The number of hydrogen-bond acceptors (Lipinski definition) is 3. The standard InChI is InChI=1S/C18H13FN2O3/c1-11-15(7-12-5-6-16-17(8-12)24-10-23-16)18(22)21(20-11)14-4-2-3-13(19)9-14/h2-9,20H,1,10H2/b15-7-. The zero-order chi connectivity index (χ0) is 16.7. The molecule has 1 aliphatic rings. The maximum Gasteiger partial charge on any atom is 0.279 e. The van der Waals surface area contributed by atoms with Gasteiger partial charge in [0.25, 0.3) is 5.56 Å². The first-order valence-corrected chi connectivity index (χ1v) is 7.29. The van der Waals surface area contributed by atoms with Crippen LogP contribution in [-0.4, -0.2) is 16.6 Å². The van der Waals surface area contributed by atoms with Crippen LogP contribution in [0.15, 0.2) is 47.3 Å². The molecule has 0 radical (unpaired) electrons. The number of fused-ring (bicyclic) bond motifs is 1. The number of rotatable bonds is 2. The monoisotopic (exact) mass is 324 g/mol. The number of H-pyrrole nitrogens is 1. The van der Waals surface area contributed by atoms with Crippen molar-refractivity contribution in [3.8, 4) is 17.2 Å². The minimum Gasteiger partial charge on any atom is -0.454 e. The molecule has 1 aliphatic heterocycles. The first-order chi connectivity index (χ1) is 11.6.